The lowest BCUT2D eigenvalue weighted by atomic mass is 10.1. The summed E-state index contributed by atoms with van der Waals surface area (Å²) in [5.41, 5.74) is 1.97. The topological polar surface area (TPSA) is 29.0 Å². The van der Waals surface area contributed by atoms with Gasteiger partial charge in [-0.25, -0.2) is 9.97 Å². The fraction of sp³-hybridized carbons (Fsp3) is 0.250. The van der Waals surface area contributed by atoms with Crippen molar-refractivity contribution in [3.63, 3.8) is 0 Å². The second kappa shape index (κ2) is 6.00. The first-order valence-corrected chi connectivity index (χ1v) is 8.15. The number of hydrogen-bond acceptors (Lipinski definition) is 4. The molecule has 0 saturated carbocycles. The van der Waals surface area contributed by atoms with Crippen LogP contribution in [-0.2, 0) is 12.4 Å². The third-order valence-electron chi connectivity index (χ3n) is 3.34. The zero-order valence-corrected chi connectivity index (χ0v) is 13.6. The molecule has 1 aromatic carbocycles. The Morgan fingerprint density at radius 2 is 2.00 bits per heavy atom. The number of hydrogen-bond donors (Lipinski definition) is 0. The molecule has 0 aliphatic carbocycles. The summed E-state index contributed by atoms with van der Waals surface area (Å²) in [4.78, 5) is 11.3. The highest BCUT2D eigenvalue weighted by molar-refractivity contribution is 7.09. The Hall–Kier alpha value is -1.65. The zero-order chi connectivity index (χ0) is 14.8. The number of nitrogens with zero attached hydrogens (tertiary/aromatic N) is 3. The van der Waals surface area contributed by atoms with Crippen molar-refractivity contribution in [3.05, 3.63) is 52.1 Å². The number of thiazole rings is 1. The van der Waals surface area contributed by atoms with Crippen molar-refractivity contribution in [2.45, 2.75) is 19.3 Å². The Bertz CT molecular complexity index is 769. The number of aromatic nitrogens is 2. The van der Waals surface area contributed by atoms with Crippen molar-refractivity contribution < 1.29 is 0 Å². The first-order chi connectivity index (χ1) is 10.2. The van der Waals surface area contributed by atoms with Crippen LogP contribution in [0.2, 0.25) is 0 Å². The molecule has 2 heterocycles. The molecule has 0 atom stereocenters. The number of pyridine rings is 1. The molecular formula is C16H16ClN3S. The molecule has 0 bridgehead atoms. The van der Waals surface area contributed by atoms with E-state index in [2.05, 4.69) is 27.4 Å². The Morgan fingerprint density at radius 3 is 2.71 bits per heavy atom. The molecule has 108 valence electrons. The van der Waals surface area contributed by atoms with Crippen LogP contribution < -0.4 is 4.90 Å². The predicted octanol–water partition coefficient (Wildman–Crippen LogP) is 4.37. The maximum atomic E-state index is 5.98. The summed E-state index contributed by atoms with van der Waals surface area (Å²) in [6.07, 6.45) is 0. The van der Waals surface area contributed by atoms with E-state index < -0.39 is 0 Å². The minimum Gasteiger partial charge on any atom is -0.353 e. The van der Waals surface area contributed by atoms with E-state index >= 15 is 0 Å². The summed E-state index contributed by atoms with van der Waals surface area (Å²) in [5, 5.41) is 5.49. The summed E-state index contributed by atoms with van der Waals surface area (Å²) in [6.45, 7) is 2.77. The van der Waals surface area contributed by atoms with Crippen LogP contribution >= 0.6 is 22.9 Å². The van der Waals surface area contributed by atoms with E-state index in [1.54, 1.807) is 11.3 Å². The Morgan fingerprint density at radius 1 is 1.19 bits per heavy atom. The Labute approximate surface area is 133 Å². The van der Waals surface area contributed by atoms with Crippen molar-refractivity contribution in [1.82, 2.24) is 9.97 Å². The number of fused-ring (bicyclic) bond motifs is 1. The van der Waals surface area contributed by atoms with Gasteiger partial charge in [-0.05, 0) is 18.4 Å². The number of halogens is 1. The largest absolute Gasteiger partial charge is 0.353 e. The van der Waals surface area contributed by atoms with E-state index in [-0.39, 0.29) is 0 Å². The highest BCUT2D eigenvalue weighted by Gasteiger charge is 2.11. The molecular weight excluding hydrogens is 302 g/mol. The molecule has 0 unspecified atom stereocenters. The van der Waals surface area contributed by atoms with Crippen molar-refractivity contribution in [1.29, 1.82) is 0 Å². The van der Waals surface area contributed by atoms with E-state index in [1.165, 1.54) is 5.39 Å². The molecule has 0 aliphatic heterocycles. The van der Waals surface area contributed by atoms with Gasteiger partial charge in [0.2, 0.25) is 0 Å². The van der Waals surface area contributed by atoms with Crippen LogP contribution in [0.1, 0.15) is 16.4 Å². The van der Waals surface area contributed by atoms with Gasteiger partial charge in [0.15, 0.2) is 0 Å². The van der Waals surface area contributed by atoms with Crippen molar-refractivity contribution in [2.24, 2.45) is 0 Å². The van der Waals surface area contributed by atoms with Crippen LogP contribution in [0.25, 0.3) is 10.8 Å². The molecule has 3 rings (SSSR count). The smallest absolute Gasteiger partial charge is 0.136 e. The maximum Gasteiger partial charge on any atom is 0.136 e. The monoisotopic (exact) mass is 317 g/mol. The second-order valence-electron chi connectivity index (χ2n) is 5.01. The van der Waals surface area contributed by atoms with E-state index in [9.17, 15) is 0 Å². The van der Waals surface area contributed by atoms with Gasteiger partial charge in [-0.15, -0.1) is 22.9 Å². The van der Waals surface area contributed by atoms with E-state index in [0.29, 0.717) is 5.88 Å². The molecule has 3 nitrogen and oxygen atoms in total. The van der Waals surface area contributed by atoms with Crippen molar-refractivity contribution in [2.75, 3.05) is 11.9 Å². The van der Waals surface area contributed by atoms with Crippen LogP contribution in [0.15, 0.2) is 35.7 Å². The molecule has 0 fully saturated rings. The number of alkyl halides is 1. The standard InChI is InChI=1S/C16H16ClN3S/c1-11-18-14(10-21-11)9-20(2)16-15-6-4-3-5-12(15)7-13(8-17)19-16/h3-7,10H,8-9H2,1-2H3. The van der Waals surface area contributed by atoms with Gasteiger partial charge in [0, 0.05) is 17.8 Å². The Balaban J connectivity index is 2.01. The molecule has 0 saturated heterocycles. The lowest BCUT2D eigenvalue weighted by molar-refractivity contribution is 0.871. The zero-order valence-electron chi connectivity index (χ0n) is 12.0. The van der Waals surface area contributed by atoms with Crippen LogP contribution in [-0.4, -0.2) is 17.0 Å². The first-order valence-electron chi connectivity index (χ1n) is 6.74. The Kier molecular flexibility index (Phi) is 4.08. The van der Waals surface area contributed by atoms with Crippen LogP contribution in [0.5, 0.6) is 0 Å². The highest BCUT2D eigenvalue weighted by Crippen LogP contribution is 2.26. The SMILES string of the molecule is Cc1nc(CN(C)c2nc(CCl)cc3ccccc23)cs1. The molecule has 2 aromatic heterocycles. The minimum atomic E-state index is 0.418. The molecule has 0 amide bonds. The molecule has 3 aromatic rings. The number of rotatable bonds is 4. The van der Waals surface area contributed by atoms with E-state index in [4.69, 9.17) is 16.6 Å². The molecule has 0 N–H and O–H groups in total. The summed E-state index contributed by atoms with van der Waals surface area (Å²) < 4.78 is 0. The van der Waals surface area contributed by atoms with Crippen molar-refractivity contribution >= 4 is 39.5 Å². The normalized spacial score (nSPS) is 11.0. The summed E-state index contributed by atoms with van der Waals surface area (Å²) in [5.74, 6) is 1.37. The summed E-state index contributed by atoms with van der Waals surface area (Å²) >= 11 is 7.65. The molecule has 0 spiro atoms. The lowest BCUT2D eigenvalue weighted by Crippen LogP contribution is -2.18. The van der Waals surface area contributed by atoms with Crippen LogP contribution in [0.3, 0.4) is 0 Å². The van der Waals surface area contributed by atoms with Gasteiger partial charge in [-0.2, -0.15) is 0 Å². The van der Waals surface area contributed by atoms with Gasteiger partial charge in [0.25, 0.3) is 0 Å². The summed E-state index contributed by atoms with van der Waals surface area (Å²) in [7, 11) is 2.04. The van der Waals surface area contributed by atoms with Gasteiger partial charge in [-0.1, -0.05) is 24.3 Å². The van der Waals surface area contributed by atoms with Crippen LogP contribution in [0, 0.1) is 6.92 Å². The average molecular weight is 318 g/mol. The second-order valence-corrected chi connectivity index (χ2v) is 6.34. The third kappa shape index (κ3) is 3.01. The molecule has 0 aliphatic rings. The first kappa shape index (κ1) is 14.3. The van der Waals surface area contributed by atoms with Crippen molar-refractivity contribution in [3.8, 4) is 0 Å². The van der Waals surface area contributed by atoms with Gasteiger partial charge >= 0.3 is 0 Å². The fourth-order valence-electron chi connectivity index (χ4n) is 2.39. The van der Waals surface area contributed by atoms with Crippen LogP contribution in [0.4, 0.5) is 5.82 Å². The van der Waals surface area contributed by atoms with Gasteiger partial charge in [0.05, 0.1) is 28.8 Å². The highest BCUT2D eigenvalue weighted by atomic mass is 35.5. The third-order valence-corrected chi connectivity index (χ3v) is 4.43. The number of anilines is 1. The van der Waals surface area contributed by atoms with Gasteiger partial charge in [-0.3, -0.25) is 0 Å². The predicted molar refractivity (Wildman–Crippen MR) is 90.3 cm³/mol. The van der Waals surface area contributed by atoms with Gasteiger partial charge in [0.1, 0.15) is 5.82 Å². The molecule has 0 radical (unpaired) electrons. The summed E-state index contributed by atoms with van der Waals surface area (Å²) in [6, 6.07) is 10.3. The number of aryl methyl sites for hydroxylation is 1. The molecule has 5 heteroatoms. The van der Waals surface area contributed by atoms with E-state index in [0.717, 1.165) is 34.1 Å². The molecule has 21 heavy (non-hydrogen) atoms. The fourth-order valence-corrected chi connectivity index (χ4v) is 3.13. The lowest BCUT2D eigenvalue weighted by Gasteiger charge is -2.20. The van der Waals surface area contributed by atoms with Gasteiger partial charge < -0.3 is 4.90 Å². The van der Waals surface area contributed by atoms with E-state index in [1.807, 2.05) is 32.2 Å². The average Bonchev–Trinajstić information content (AvgIpc) is 2.91. The minimum absolute atomic E-state index is 0.418. The quantitative estimate of drug-likeness (QED) is 0.669. The maximum absolute atomic E-state index is 5.98. The number of benzene rings is 1.